The summed E-state index contributed by atoms with van der Waals surface area (Å²) in [4.78, 5) is 0. The summed E-state index contributed by atoms with van der Waals surface area (Å²) in [5.41, 5.74) is -2.95. The predicted octanol–water partition coefficient (Wildman–Crippen LogP) is 7.01. The van der Waals surface area contributed by atoms with Gasteiger partial charge in [0.05, 0.1) is 11.1 Å². The number of furan rings is 2. The molecule has 0 saturated carbocycles. The lowest BCUT2D eigenvalue weighted by Gasteiger charge is -2.25. The van der Waals surface area contributed by atoms with Crippen LogP contribution in [0, 0.1) is 0 Å². The molecule has 2 nitrogen and oxygen atoms in total. The number of hydrogen-bond acceptors (Lipinski definition) is 2. The van der Waals surface area contributed by atoms with Gasteiger partial charge in [0, 0.05) is 10.8 Å². The van der Waals surface area contributed by atoms with Crippen LogP contribution in [0.15, 0.2) is 69.5 Å². The molecule has 0 atom stereocenters. The summed E-state index contributed by atoms with van der Waals surface area (Å²) in [7, 11) is 0. The van der Waals surface area contributed by atoms with Crippen molar-refractivity contribution in [3.8, 4) is 0 Å². The van der Waals surface area contributed by atoms with E-state index >= 15 is 0 Å². The lowest BCUT2D eigenvalue weighted by Crippen LogP contribution is -2.48. The Morgan fingerprint density at radius 2 is 0.931 bits per heavy atom. The van der Waals surface area contributed by atoms with Gasteiger partial charge in [0.25, 0.3) is 0 Å². The third kappa shape index (κ3) is 2.19. The summed E-state index contributed by atoms with van der Waals surface area (Å²) in [6, 6.07) is 14.1. The first kappa shape index (κ1) is 17.9. The van der Waals surface area contributed by atoms with Gasteiger partial charge >= 0.3 is 17.8 Å². The Morgan fingerprint density at radius 3 is 1.31 bits per heavy atom. The molecule has 0 amide bonds. The molecule has 8 heteroatoms. The molecule has 0 unspecified atom stereocenters. The Balaban J connectivity index is 1.87. The molecule has 1 aliphatic carbocycles. The largest absolute Gasteiger partial charge is 0.456 e. The summed E-state index contributed by atoms with van der Waals surface area (Å²) in [5, 5.41) is 0.626. The Bertz CT molecular complexity index is 1130. The first-order valence-corrected chi connectivity index (χ1v) is 8.51. The maximum Gasteiger partial charge on any atom is 0.380 e. The topological polar surface area (TPSA) is 26.3 Å². The van der Waals surface area contributed by atoms with E-state index in [4.69, 9.17) is 8.83 Å². The molecule has 0 radical (unpaired) electrons. The molecule has 2 aromatic heterocycles. The highest BCUT2D eigenvalue weighted by Gasteiger charge is 2.81. The fraction of sp³-hybridized carbons (Fsp3) is 0.143. The number of para-hydroxylation sites is 2. The highest BCUT2D eigenvalue weighted by Crippen LogP contribution is 2.65. The third-order valence-electron chi connectivity index (χ3n) is 5.01. The molecular weight excluding hydrogens is 398 g/mol. The minimum Gasteiger partial charge on any atom is -0.456 e. The van der Waals surface area contributed by atoms with Gasteiger partial charge in [-0.25, -0.2) is 0 Å². The zero-order chi connectivity index (χ0) is 20.6. The van der Waals surface area contributed by atoms with Crippen molar-refractivity contribution in [3.63, 3.8) is 0 Å². The Morgan fingerprint density at radius 1 is 0.552 bits per heavy atom. The summed E-state index contributed by atoms with van der Waals surface area (Å²) in [6.45, 7) is 0. The summed E-state index contributed by atoms with van der Waals surface area (Å²) >= 11 is 0. The van der Waals surface area contributed by atoms with Crippen molar-refractivity contribution in [1.82, 2.24) is 0 Å². The van der Waals surface area contributed by atoms with Crippen LogP contribution in [0.2, 0.25) is 0 Å². The zero-order valence-electron chi connectivity index (χ0n) is 14.4. The van der Waals surface area contributed by atoms with Gasteiger partial charge < -0.3 is 8.83 Å². The number of alkyl halides is 6. The van der Waals surface area contributed by atoms with Gasteiger partial charge in [-0.1, -0.05) is 36.4 Å². The zero-order valence-corrected chi connectivity index (χ0v) is 14.4. The van der Waals surface area contributed by atoms with Crippen LogP contribution in [-0.4, -0.2) is 17.8 Å². The van der Waals surface area contributed by atoms with Gasteiger partial charge in [-0.05, 0) is 24.3 Å². The average molecular weight is 408 g/mol. The Kier molecular flexibility index (Phi) is 3.37. The summed E-state index contributed by atoms with van der Waals surface area (Å²) in [6.07, 6.45) is 0. The highest BCUT2D eigenvalue weighted by molar-refractivity contribution is 6.01. The number of rotatable bonds is 2. The molecule has 0 N–H and O–H groups in total. The smallest absolute Gasteiger partial charge is 0.380 e. The maximum absolute atomic E-state index is 14.7. The Hall–Kier alpha value is -3.16. The van der Waals surface area contributed by atoms with E-state index in [-0.39, 0.29) is 11.2 Å². The fourth-order valence-electron chi connectivity index (χ4n) is 3.59. The molecule has 0 aliphatic heterocycles. The van der Waals surface area contributed by atoms with Gasteiger partial charge in [-0.15, -0.1) is 0 Å². The van der Waals surface area contributed by atoms with Crippen LogP contribution < -0.4 is 0 Å². The standard InChI is InChI=1S/C21H10F6O2/c22-19(23)17(15-9-11-5-1-3-7-13(11)28-15)18(20(24,25)21(19,26)27)16-10-12-6-2-4-8-14(12)29-16/h1-10H. The van der Waals surface area contributed by atoms with Gasteiger partial charge in [-0.2, -0.15) is 26.3 Å². The quantitative estimate of drug-likeness (QED) is 0.334. The fourth-order valence-corrected chi connectivity index (χ4v) is 3.59. The second-order valence-electron chi connectivity index (χ2n) is 6.77. The summed E-state index contributed by atoms with van der Waals surface area (Å²) < 4.78 is 97.8. The predicted molar refractivity (Wildman–Crippen MR) is 94.1 cm³/mol. The molecular formula is C21H10F6O2. The van der Waals surface area contributed by atoms with Crippen LogP contribution in [-0.2, 0) is 0 Å². The average Bonchev–Trinajstić information content (AvgIpc) is 3.30. The molecule has 1 aliphatic rings. The molecule has 4 aromatic rings. The molecule has 0 spiro atoms. The van der Waals surface area contributed by atoms with Crippen LogP contribution >= 0.6 is 0 Å². The number of benzene rings is 2. The van der Waals surface area contributed by atoms with E-state index in [9.17, 15) is 26.3 Å². The van der Waals surface area contributed by atoms with Crippen molar-refractivity contribution in [2.75, 3.05) is 0 Å². The first-order chi connectivity index (χ1) is 13.6. The molecule has 5 rings (SSSR count). The van der Waals surface area contributed by atoms with Crippen LogP contribution in [0.1, 0.15) is 11.5 Å². The molecule has 29 heavy (non-hydrogen) atoms. The summed E-state index contributed by atoms with van der Waals surface area (Å²) in [5.74, 6) is -17.5. The second-order valence-corrected chi connectivity index (χ2v) is 6.77. The van der Waals surface area contributed by atoms with E-state index in [0.29, 0.717) is 10.8 Å². The first-order valence-electron chi connectivity index (χ1n) is 8.51. The Labute approximate surface area is 159 Å². The van der Waals surface area contributed by atoms with Crippen molar-refractivity contribution in [3.05, 3.63) is 72.2 Å². The lowest BCUT2D eigenvalue weighted by molar-refractivity contribution is -0.254. The van der Waals surface area contributed by atoms with Crippen LogP contribution in [0.25, 0.3) is 33.1 Å². The van der Waals surface area contributed by atoms with Crippen LogP contribution in [0.5, 0.6) is 0 Å². The van der Waals surface area contributed by atoms with Gasteiger partial charge in [-0.3, -0.25) is 0 Å². The number of halogens is 6. The van der Waals surface area contributed by atoms with Crippen LogP contribution in [0.4, 0.5) is 26.3 Å². The van der Waals surface area contributed by atoms with Gasteiger partial charge in [0.2, 0.25) is 0 Å². The number of fused-ring (bicyclic) bond motifs is 2. The van der Waals surface area contributed by atoms with E-state index < -0.39 is 40.4 Å². The van der Waals surface area contributed by atoms with E-state index in [0.717, 1.165) is 12.1 Å². The van der Waals surface area contributed by atoms with Gasteiger partial charge in [0.1, 0.15) is 22.7 Å². The van der Waals surface area contributed by atoms with Crippen LogP contribution in [0.3, 0.4) is 0 Å². The number of hydrogen-bond donors (Lipinski definition) is 0. The third-order valence-corrected chi connectivity index (χ3v) is 5.01. The van der Waals surface area contributed by atoms with Crippen molar-refractivity contribution >= 4 is 33.1 Å². The minimum absolute atomic E-state index is 0.105. The highest BCUT2D eigenvalue weighted by atomic mass is 19.3. The molecule has 0 fully saturated rings. The SMILES string of the molecule is FC1(F)C(c2cc3ccccc3o2)=C(c2cc3ccccc3o2)C(F)(F)C1(F)F. The van der Waals surface area contributed by atoms with Gasteiger partial charge in [0.15, 0.2) is 0 Å². The van der Waals surface area contributed by atoms with E-state index in [1.54, 1.807) is 24.3 Å². The molecule has 2 heterocycles. The second kappa shape index (κ2) is 5.46. The molecule has 0 bridgehead atoms. The molecule has 0 saturated heterocycles. The molecule has 2 aromatic carbocycles. The molecule has 148 valence electrons. The monoisotopic (exact) mass is 408 g/mol. The van der Waals surface area contributed by atoms with Crippen molar-refractivity contribution in [2.45, 2.75) is 17.8 Å². The minimum atomic E-state index is -5.66. The normalized spacial score (nSPS) is 20.1. The number of allylic oxidation sites excluding steroid dienone is 2. The lowest BCUT2D eigenvalue weighted by atomic mass is 10.0. The maximum atomic E-state index is 14.7. The van der Waals surface area contributed by atoms with Crippen molar-refractivity contribution in [2.24, 2.45) is 0 Å². The van der Waals surface area contributed by atoms with E-state index in [1.807, 2.05) is 0 Å². The van der Waals surface area contributed by atoms with E-state index in [1.165, 1.54) is 24.3 Å². The van der Waals surface area contributed by atoms with Crippen molar-refractivity contribution in [1.29, 1.82) is 0 Å². The van der Waals surface area contributed by atoms with Crippen molar-refractivity contribution < 1.29 is 35.2 Å². The van der Waals surface area contributed by atoms with E-state index in [2.05, 4.69) is 0 Å².